The summed E-state index contributed by atoms with van der Waals surface area (Å²) in [5.74, 6) is 0.0502. The maximum absolute atomic E-state index is 13.8. The topological polar surface area (TPSA) is 15.3 Å². The van der Waals surface area contributed by atoms with Crippen molar-refractivity contribution in [3.63, 3.8) is 0 Å². The lowest BCUT2D eigenvalue weighted by Gasteiger charge is -2.45. The lowest BCUT2D eigenvalue weighted by Crippen LogP contribution is -2.62. The molecule has 1 aliphatic heterocycles. The van der Waals surface area contributed by atoms with Crippen LogP contribution >= 0.6 is 0 Å². The van der Waals surface area contributed by atoms with E-state index < -0.39 is 0 Å². The van der Waals surface area contributed by atoms with Gasteiger partial charge in [-0.15, -0.1) is 0 Å². The summed E-state index contributed by atoms with van der Waals surface area (Å²) < 4.78 is 27.1. The van der Waals surface area contributed by atoms with Gasteiger partial charge in [-0.3, -0.25) is 4.90 Å². The van der Waals surface area contributed by atoms with E-state index in [0.717, 1.165) is 19.0 Å². The van der Waals surface area contributed by atoms with Gasteiger partial charge in [0.2, 0.25) is 0 Å². The van der Waals surface area contributed by atoms with Crippen molar-refractivity contribution in [2.75, 3.05) is 13.1 Å². The summed E-state index contributed by atoms with van der Waals surface area (Å²) in [5.41, 5.74) is 0.577. The lowest BCUT2D eigenvalue weighted by molar-refractivity contribution is 0.0760. The normalized spacial score (nSPS) is 31.5. The second-order valence-corrected chi connectivity index (χ2v) is 6.56. The maximum atomic E-state index is 13.8. The fourth-order valence-electron chi connectivity index (χ4n) is 3.23. The van der Waals surface area contributed by atoms with Gasteiger partial charge in [0.05, 0.1) is 0 Å². The molecule has 1 aromatic carbocycles. The van der Waals surface area contributed by atoms with Crippen LogP contribution in [0.15, 0.2) is 18.2 Å². The van der Waals surface area contributed by atoms with E-state index in [9.17, 15) is 8.78 Å². The third-order valence-corrected chi connectivity index (χ3v) is 4.82. The minimum Gasteiger partial charge on any atom is -0.308 e. The molecule has 0 spiro atoms. The highest BCUT2D eigenvalue weighted by atomic mass is 19.1. The van der Waals surface area contributed by atoms with Crippen molar-refractivity contribution < 1.29 is 8.78 Å². The lowest BCUT2D eigenvalue weighted by atomic mass is 9.91. The van der Waals surface area contributed by atoms with Crippen molar-refractivity contribution in [1.82, 2.24) is 10.2 Å². The van der Waals surface area contributed by atoms with Crippen LogP contribution < -0.4 is 5.32 Å². The molecule has 4 heteroatoms. The van der Waals surface area contributed by atoms with Gasteiger partial charge in [0.15, 0.2) is 0 Å². The van der Waals surface area contributed by atoms with E-state index in [4.69, 9.17) is 0 Å². The predicted molar refractivity (Wildman–Crippen MR) is 75.4 cm³/mol. The summed E-state index contributed by atoms with van der Waals surface area (Å²) in [5, 5.41) is 3.64. The van der Waals surface area contributed by atoms with E-state index in [2.05, 4.69) is 24.1 Å². The average Bonchev–Trinajstić information content (AvgIpc) is 3.23. The van der Waals surface area contributed by atoms with Gasteiger partial charge in [0, 0.05) is 36.8 Å². The van der Waals surface area contributed by atoms with Gasteiger partial charge in [-0.2, -0.15) is 0 Å². The van der Waals surface area contributed by atoms with Gasteiger partial charge in [0.1, 0.15) is 11.6 Å². The molecule has 0 bridgehead atoms. The van der Waals surface area contributed by atoms with Crippen LogP contribution in [0.4, 0.5) is 8.78 Å². The van der Waals surface area contributed by atoms with Crippen LogP contribution in [-0.2, 0) is 6.54 Å². The fraction of sp³-hybridized carbons (Fsp3) is 0.625. The summed E-state index contributed by atoms with van der Waals surface area (Å²) in [6, 6.07) is 4.05. The number of benzene rings is 1. The molecule has 1 aromatic rings. The van der Waals surface area contributed by atoms with Crippen LogP contribution in [0.25, 0.3) is 0 Å². The molecular weight excluding hydrogens is 258 g/mol. The third kappa shape index (κ3) is 2.72. The smallest absolute Gasteiger partial charge is 0.127 e. The maximum Gasteiger partial charge on any atom is 0.127 e. The highest BCUT2D eigenvalue weighted by molar-refractivity contribution is 5.19. The monoisotopic (exact) mass is 280 g/mol. The molecule has 2 unspecified atom stereocenters. The zero-order valence-corrected chi connectivity index (χ0v) is 12.1. The second kappa shape index (κ2) is 5.08. The summed E-state index contributed by atoms with van der Waals surface area (Å²) in [4.78, 5) is 2.27. The molecule has 1 N–H and O–H groups in total. The molecule has 2 aliphatic rings. The van der Waals surface area contributed by atoms with Crippen LogP contribution in [0, 0.1) is 17.6 Å². The Balaban J connectivity index is 1.76. The van der Waals surface area contributed by atoms with E-state index >= 15 is 0 Å². The summed E-state index contributed by atoms with van der Waals surface area (Å²) in [6.07, 6.45) is 2.56. The van der Waals surface area contributed by atoms with E-state index in [1.807, 2.05) is 0 Å². The van der Waals surface area contributed by atoms with Crippen LogP contribution in [0.3, 0.4) is 0 Å². The molecule has 3 rings (SSSR count). The number of nitrogens with zero attached hydrogens (tertiary/aromatic N) is 1. The van der Waals surface area contributed by atoms with E-state index in [1.165, 1.54) is 31.0 Å². The Labute approximate surface area is 119 Å². The van der Waals surface area contributed by atoms with Crippen LogP contribution in [0.2, 0.25) is 0 Å². The van der Waals surface area contributed by atoms with Crippen LogP contribution in [0.5, 0.6) is 0 Å². The van der Waals surface area contributed by atoms with Crippen LogP contribution in [0.1, 0.15) is 32.3 Å². The molecule has 2 atom stereocenters. The molecular formula is C16H22F2N2. The Kier molecular flexibility index (Phi) is 3.55. The molecule has 2 nitrogen and oxygen atoms in total. The Bertz CT molecular complexity index is 501. The number of rotatable bonds is 3. The highest BCUT2D eigenvalue weighted by Crippen LogP contribution is 2.41. The average molecular weight is 280 g/mol. The largest absolute Gasteiger partial charge is 0.308 e. The Morgan fingerprint density at radius 2 is 2.10 bits per heavy atom. The molecule has 2 fully saturated rings. The summed E-state index contributed by atoms with van der Waals surface area (Å²) >= 11 is 0. The molecule has 110 valence electrons. The number of piperazine rings is 1. The summed E-state index contributed by atoms with van der Waals surface area (Å²) in [7, 11) is 0. The van der Waals surface area contributed by atoms with Crippen molar-refractivity contribution in [3.05, 3.63) is 35.4 Å². The van der Waals surface area contributed by atoms with Gasteiger partial charge in [-0.05, 0) is 50.8 Å². The molecule has 0 radical (unpaired) electrons. The molecule has 0 amide bonds. The number of nitrogens with one attached hydrogen (secondary N) is 1. The van der Waals surface area contributed by atoms with E-state index in [0.29, 0.717) is 18.2 Å². The fourth-order valence-corrected chi connectivity index (χ4v) is 3.23. The van der Waals surface area contributed by atoms with Gasteiger partial charge >= 0.3 is 0 Å². The van der Waals surface area contributed by atoms with Gasteiger partial charge < -0.3 is 5.32 Å². The first-order valence-electron chi connectivity index (χ1n) is 7.41. The first-order valence-corrected chi connectivity index (χ1v) is 7.41. The van der Waals surface area contributed by atoms with Crippen molar-refractivity contribution in [2.24, 2.45) is 5.92 Å². The number of hydrogen-bond acceptors (Lipinski definition) is 2. The van der Waals surface area contributed by atoms with Gasteiger partial charge in [-0.25, -0.2) is 8.78 Å². The predicted octanol–water partition coefficient (Wildman–Crippen LogP) is 2.93. The van der Waals surface area contributed by atoms with Crippen molar-refractivity contribution in [3.8, 4) is 0 Å². The Morgan fingerprint density at radius 3 is 2.80 bits per heavy atom. The molecule has 1 aliphatic carbocycles. The Morgan fingerprint density at radius 1 is 1.35 bits per heavy atom. The highest BCUT2D eigenvalue weighted by Gasteiger charge is 2.45. The van der Waals surface area contributed by atoms with Crippen molar-refractivity contribution >= 4 is 0 Å². The number of halogens is 2. The molecule has 1 heterocycles. The zero-order chi connectivity index (χ0) is 14.3. The first kappa shape index (κ1) is 14.0. The molecule has 20 heavy (non-hydrogen) atoms. The van der Waals surface area contributed by atoms with Crippen molar-refractivity contribution in [2.45, 2.75) is 44.8 Å². The van der Waals surface area contributed by atoms with Gasteiger partial charge in [-0.1, -0.05) is 0 Å². The SMILES string of the molecule is CC1CNC(C)(C2CC2)CN1Cc1cc(F)ccc1F. The quantitative estimate of drug-likeness (QED) is 0.916. The van der Waals surface area contributed by atoms with Crippen LogP contribution in [-0.4, -0.2) is 29.6 Å². The first-order chi connectivity index (χ1) is 9.48. The van der Waals surface area contributed by atoms with Crippen molar-refractivity contribution in [1.29, 1.82) is 0 Å². The molecule has 0 aromatic heterocycles. The minimum atomic E-state index is -0.367. The molecule has 1 saturated carbocycles. The second-order valence-electron chi connectivity index (χ2n) is 6.56. The number of hydrogen-bond donors (Lipinski definition) is 1. The van der Waals surface area contributed by atoms with E-state index in [1.54, 1.807) is 0 Å². The van der Waals surface area contributed by atoms with E-state index in [-0.39, 0.29) is 17.2 Å². The Hall–Kier alpha value is -1.00. The zero-order valence-electron chi connectivity index (χ0n) is 12.1. The minimum absolute atomic E-state index is 0.121. The third-order valence-electron chi connectivity index (χ3n) is 4.82. The van der Waals surface area contributed by atoms with Gasteiger partial charge in [0.25, 0.3) is 0 Å². The standard InChI is InChI=1S/C16H22F2N2/c1-11-8-19-16(2,13-3-4-13)10-20(11)9-12-7-14(17)5-6-15(12)18/h5-7,11,13,19H,3-4,8-10H2,1-2H3. The summed E-state index contributed by atoms with van der Waals surface area (Å²) in [6.45, 7) is 6.68. The molecule has 1 saturated heterocycles.